The molecular weight excluding hydrogens is 488 g/mol. The first-order valence-electron chi connectivity index (χ1n) is 10.4. The first-order chi connectivity index (χ1) is 15.8. The van der Waals surface area contributed by atoms with Gasteiger partial charge in [-0.2, -0.15) is 0 Å². The van der Waals surface area contributed by atoms with E-state index in [1.165, 1.54) is 4.90 Å². The molecule has 33 heavy (non-hydrogen) atoms. The van der Waals surface area contributed by atoms with E-state index >= 15 is 0 Å². The number of carboxylic acid groups (broad SMARTS) is 1. The molecule has 0 saturated heterocycles. The molecule has 2 aromatic rings. The number of amides is 2. The van der Waals surface area contributed by atoms with Crippen LogP contribution in [0.15, 0.2) is 71.7 Å². The normalized spacial score (nSPS) is 11.6. The van der Waals surface area contributed by atoms with Gasteiger partial charge >= 0.3 is 6.09 Å². The molecule has 0 aromatic heterocycles. The van der Waals surface area contributed by atoms with Crippen LogP contribution < -0.4 is 14.8 Å². The third-order valence-electron chi connectivity index (χ3n) is 4.86. The fourth-order valence-electron chi connectivity index (χ4n) is 3.26. The van der Waals surface area contributed by atoms with Gasteiger partial charge in [0.25, 0.3) is 0 Å². The van der Waals surface area contributed by atoms with Crippen molar-refractivity contribution in [1.82, 2.24) is 10.2 Å². The van der Waals surface area contributed by atoms with E-state index in [4.69, 9.17) is 9.47 Å². The quantitative estimate of drug-likeness (QED) is 0.397. The Morgan fingerprint density at radius 1 is 1.15 bits per heavy atom. The lowest BCUT2D eigenvalue weighted by atomic mass is 10.1. The predicted molar refractivity (Wildman–Crippen MR) is 132 cm³/mol. The maximum Gasteiger partial charge on any atom is 0.405 e. The van der Waals surface area contributed by atoms with Gasteiger partial charge < -0.3 is 24.8 Å². The topological polar surface area (TPSA) is 88.1 Å². The number of halogens is 1. The van der Waals surface area contributed by atoms with Crippen LogP contribution in [0, 0.1) is 0 Å². The van der Waals surface area contributed by atoms with E-state index in [0.29, 0.717) is 22.4 Å². The first-order valence-corrected chi connectivity index (χ1v) is 11.1. The maximum atomic E-state index is 13.3. The third kappa shape index (κ3) is 8.65. The molecular formula is C25H29BrN2O5. The van der Waals surface area contributed by atoms with E-state index in [-0.39, 0.29) is 25.4 Å². The molecule has 0 radical (unpaired) electrons. The Labute approximate surface area is 202 Å². The van der Waals surface area contributed by atoms with E-state index in [9.17, 15) is 14.7 Å². The number of ether oxygens (including phenoxy) is 2. The van der Waals surface area contributed by atoms with Crippen LogP contribution in [-0.2, 0) is 17.8 Å². The standard InChI is InChI=1S/C25H29BrN2O5/c1-18(26)16-28(17-20-13-14-21(32-2)15-23(20)33-3)24(29)22(27-25(30)31)12-8-7-11-19-9-5-4-6-10-19/h4-10,13-15,22,27H,1,11-12,16-17H2,2-3H3,(H,30,31)/t22-/m1/s1. The van der Waals surface area contributed by atoms with Gasteiger partial charge in [-0.15, -0.1) is 0 Å². The minimum absolute atomic E-state index is 0.208. The summed E-state index contributed by atoms with van der Waals surface area (Å²) in [6.45, 7) is 4.26. The van der Waals surface area contributed by atoms with Gasteiger partial charge in [0.1, 0.15) is 17.5 Å². The summed E-state index contributed by atoms with van der Waals surface area (Å²) >= 11 is 3.31. The second kappa shape index (κ2) is 13.3. The van der Waals surface area contributed by atoms with Crippen molar-refractivity contribution in [3.63, 3.8) is 0 Å². The molecule has 2 aromatic carbocycles. The van der Waals surface area contributed by atoms with Crippen molar-refractivity contribution in [3.05, 3.63) is 82.9 Å². The smallest absolute Gasteiger partial charge is 0.405 e. The second-order valence-electron chi connectivity index (χ2n) is 7.29. The van der Waals surface area contributed by atoms with Gasteiger partial charge in [-0.25, -0.2) is 4.79 Å². The van der Waals surface area contributed by atoms with Crippen LogP contribution in [0.3, 0.4) is 0 Å². The van der Waals surface area contributed by atoms with Crippen LogP contribution in [0.5, 0.6) is 11.5 Å². The minimum Gasteiger partial charge on any atom is -0.497 e. The molecule has 0 fully saturated rings. The Morgan fingerprint density at radius 2 is 1.88 bits per heavy atom. The summed E-state index contributed by atoms with van der Waals surface area (Å²) in [6.07, 6.45) is 3.41. The van der Waals surface area contributed by atoms with Crippen molar-refractivity contribution < 1.29 is 24.2 Å². The molecule has 0 heterocycles. The maximum absolute atomic E-state index is 13.3. The molecule has 0 aliphatic carbocycles. The number of rotatable bonds is 12. The SMILES string of the molecule is C=C(Br)CN(Cc1ccc(OC)cc1OC)C(=O)[C@@H](CC=CCc1ccccc1)NC(=O)O. The second-order valence-corrected chi connectivity index (χ2v) is 8.41. The van der Waals surface area contributed by atoms with Gasteiger partial charge in [0.2, 0.25) is 5.91 Å². The highest BCUT2D eigenvalue weighted by Crippen LogP contribution is 2.26. The van der Waals surface area contributed by atoms with Crippen LogP contribution in [0.25, 0.3) is 0 Å². The van der Waals surface area contributed by atoms with Gasteiger partial charge in [0.15, 0.2) is 0 Å². The number of benzene rings is 2. The summed E-state index contributed by atoms with van der Waals surface area (Å²) in [5, 5.41) is 11.6. The lowest BCUT2D eigenvalue weighted by Gasteiger charge is -2.27. The zero-order valence-corrected chi connectivity index (χ0v) is 20.4. The molecule has 176 valence electrons. The van der Waals surface area contributed by atoms with Crippen molar-refractivity contribution in [3.8, 4) is 11.5 Å². The molecule has 0 aliphatic rings. The molecule has 0 bridgehead atoms. The van der Waals surface area contributed by atoms with Crippen LogP contribution in [0.1, 0.15) is 17.5 Å². The van der Waals surface area contributed by atoms with Crippen molar-refractivity contribution >= 4 is 27.9 Å². The summed E-state index contributed by atoms with van der Waals surface area (Å²) in [4.78, 5) is 26.3. The van der Waals surface area contributed by atoms with E-state index in [2.05, 4.69) is 27.8 Å². The molecule has 2 amide bonds. The van der Waals surface area contributed by atoms with Crippen LogP contribution in [0.2, 0.25) is 0 Å². The Balaban J connectivity index is 2.19. The van der Waals surface area contributed by atoms with Gasteiger partial charge in [0.05, 0.1) is 20.8 Å². The van der Waals surface area contributed by atoms with Crippen molar-refractivity contribution in [1.29, 1.82) is 0 Å². The first kappa shape index (κ1) is 26.0. The Bertz CT molecular complexity index is 978. The van der Waals surface area contributed by atoms with E-state index in [0.717, 1.165) is 11.1 Å². The fraction of sp³-hybridized carbons (Fsp3) is 0.280. The Hall–Kier alpha value is -3.26. The summed E-state index contributed by atoms with van der Waals surface area (Å²) in [7, 11) is 3.10. The summed E-state index contributed by atoms with van der Waals surface area (Å²) in [5.41, 5.74) is 1.89. The number of hydrogen-bond donors (Lipinski definition) is 2. The number of carbonyl (C=O) groups is 2. The summed E-state index contributed by atoms with van der Waals surface area (Å²) < 4.78 is 11.3. The molecule has 2 rings (SSSR count). The van der Waals surface area contributed by atoms with Crippen molar-refractivity contribution in [2.24, 2.45) is 0 Å². The molecule has 1 atom stereocenters. The monoisotopic (exact) mass is 516 g/mol. The predicted octanol–water partition coefficient (Wildman–Crippen LogP) is 4.77. The van der Waals surface area contributed by atoms with Crippen LogP contribution >= 0.6 is 15.9 Å². The average molecular weight is 517 g/mol. The number of methoxy groups -OCH3 is 2. The minimum atomic E-state index is -1.26. The summed E-state index contributed by atoms with van der Waals surface area (Å²) in [5.74, 6) is 0.838. The third-order valence-corrected chi connectivity index (χ3v) is 5.11. The highest BCUT2D eigenvalue weighted by atomic mass is 79.9. The van der Waals surface area contributed by atoms with E-state index in [1.807, 2.05) is 48.6 Å². The zero-order valence-electron chi connectivity index (χ0n) is 18.8. The number of carbonyl (C=O) groups excluding carboxylic acids is 1. The Morgan fingerprint density at radius 3 is 2.48 bits per heavy atom. The molecule has 7 nitrogen and oxygen atoms in total. The largest absolute Gasteiger partial charge is 0.497 e. The molecule has 0 spiro atoms. The fourth-order valence-corrected chi connectivity index (χ4v) is 3.57. The van der Waals surface area contributed by atoms with Gasteiger partial charge in [-0.1, -0.05) is 65.0 Å². The number of nitrogens with zero attached hydrogens (tertiary/aromatic N) is 1. The van der Waals surface area contributed by atoms with Crippen LogP contribution in [-0.4, -0.2) is 48.8 Å². The zero-order chi connectivity index (χ0) is 24.2. The van der Waals surface area contributed by atoms with Gasteiger partial charge in [-0.05, 0) is 30.5 Å². The lowest BCUT2D eigenvalue weighted by molar-refractivity contribution is -0.133. The van der Waals surface area contributed by atoms with Crippen LogP contribution in [0.4, 0.5) is 4.79 Å². The molecule has 0 aliphatic heterocycles. The molecule has 2 N–H and O–H groups in total. The molecule has 8 heteroatoms. The van der Waals surface area contributed by atoms with Crippen molar-refractivity contribution in [2.45, 2.75) is 25.4 Å². The Kier molecular flexibility index (Phi) is 10.5. The summed E-state index contributed by atoms with van der Waals surface area (Å²) in [6, 6.07) is 14.3. The number of hydrogen-bond acceptors (Lipinski definition) is 4. The molecule has 0 saturated carbocycles. The highest BCUT2D eigenvalue weighted by Gasteiger charge is 2.26. The van der Waals surface area contributed by atoms with E-state index < -0.39 is 12.1 Å². The average Bonchev–Trinajstić information content (AvgIpc) is 2.80. The van der Waals surface area contributed by atoms with Crippen molar-refractivity contribution in [2.75, 3.05) is 20.8 Å². The highest BCUT2D eigenvalue weighted by molar-refractivity contribution is 9.11. The lowest BCUT2D eigenvalue weighted by Crippen LogP contribution is -2.48. The number of nitrogens with one attached hydrogen (secondary N) is 1. The number of allylic oxidation sites excluding steroid dienone is 1. The van der Waals surface area contributed by atoms with Gasteiger partial charge in [0, 0.05) is 22.7 Å². The van der Waals surface area contributed by atoms with E-state index in [1.54, 1.807) is 26.4 Å². The molecule has 0 unspecified atom stereocenters. The van der Waals surface area contributed by atoms with Gasteiger partial charge in [-0.3, -0.25) is 4.79 Å².